The Bertz CT molecular complexity index is 507. The van der Waals surface area contributed by atoms with Gasteiger partial charge in [-0.05, 0) is 24.4 Å². The summed E-state index contributed by atoms with van der Waals surface area (Å²) >= 11 is 4.83. The van der Waals surface area contributed by atoms with Crippen LogP contribution < -0.4 is 5.32 Å². The van der Waals surface area contributed by atoms with Gasteiger partial charge in [-0.3, -0.25) is 10.2 Å². The summed E-state index contributed by atoms with van der Waals surface area (Å²) in [4.78, 5) is 4.02. The molecule has 1 unspecified atom stereocenters. The van der Waals surface area contributed by atoms with Crippen LogP contribution in [0.1, 0.15) is 5.82 Å². The van der Waals surface area contributed by atoms with E-state index in [-0.39, 0.29) is 0 Å². The summed E-state index contributed by atoms with van der Waals surface area (Å²) in [6.07, 6.45) is -0.0726. The average molecular weight is 250 g/mol. The van der Waals surface area contributed by atoms with E-state index in [1.807, 2.05) is 30.3 Å². The van der Waals surface area contributed by atoms with Gasteiger partial charge in [-0.15, -0.1) is 0 Å². The number of aliphatic hydroxyl groups is 1. The minimum absolute atomic E-state index is 0.406. The van der Waals surface area contributed by atoms with Crippen LogP contribution in [0.15, 0.2) is 30.3 Å². The van der Waals surface area contributed by atoms with Gasteiger partial charge in [0.05, 0.1) is 6.10 Å². The molecule has 17 heavy (non-hydrogen) atoms. The molecule has 0 bridgehead atoms. The van der Waals surface area contributed by atoms with Gasteiger partial charge in [0.2, 0.25) is 4.77 Å². The van der Waals surface area contributed by atoms with Gasteiger partial charge >= 0.3 is 0 Å². The zero-order valence-electron chi connectivity index (χ0n) is 9.18. The molecule has 4 N–H and O–H groups in total. The van der Waals surface area contributed by atoms with Crippen molar-refractivity contribution in [2.24, 2.45) is 0 Å². The van der Waals surface area contributed by atoms with Crippen molar-refractivity contribution >= 4 is 17.9 Å². The van der Waals surface area contributed by atoms with Gasteiger partial charge < -0.3 is 10.4 Å². The molecule has 0 amide bonds. The van der Waals surface area contributed by atoms with Crippen molar-refractivity contribution in [3.8, 4) is 0 Å². The van der Waals surface area contributed by atoms with Crippen LogP contribution in [0.5, 0.6) is 0 Å². The Kier molecular flexibility index (Phi) is 3.89. The van der Waals surface area contributed by atoms with Crippen LogP contribution in [0, 0.1) is 4.77 Å². The van der Waals surface area contributed by atoms with Crippen molar-refractivity contribution in [2.75, 3.05) is 11.9 Å². The van der Waals surface area contributed by atoms with E-state index in [0.29, 0.717) is 23.6 Å². The summed E-state index contributed by atoms with van der Waals surface area (Å²) in [5.41, 5.74) is 0.988. The van der Waals surface area contributed by atoms with Crippen LogP contribution in [0.25, 0.3) is 0 Å². The van der Waals surface area contributed by atoms with Crippen LogP contribution in [0.2, 0.25) is 0 Å². The number of hydrogen-bond donors (Lipinski definition) is 4. The topological polar surface area (TPSA) is 76.7 Å². The summed E-state index contributed by atoms with van der Waals surface area (Å²) in [5.74, 6) is 0.664. The summed E-state index contributed by atoms with van der Waals surface area (Å²) in [7, 11) is 0. The second-order valence-corrected chi connectivity index (χ2v) is 4.11. The SMILES string of the molecule is OC(CNc1ccccc1)Cc1nc(=S)[nH][nH]1. The number of benzene rings is 1. The molecule has 1 atom stereocenters. The maximum Gasteiger partial charge on any atom is 0.213 e. The van der Waals surface area contributed by atoms with E-state index in [2.05, 4.69) is 20.5 Å². The molecule has 0 fully saturated rings. The van der Waals surface area contributed by atoms with Gasteiger partial charge in [-0.1, -0.05) is 18.2 Å². The highest BCUT2D eigenvalue weighted by molar-refractivity contribution is 7.71. The lowest BCUT2D eigenvalue weighted by Gasteiger charge is -2.11. The van der Waals surface area contributed by atoms with Crippen molar-refractivity contribution in [1.29, 1.82) is 0 Å². The Morgan fingerprint density at radius 1 is 1.29 bits per heavy atom. The van der Waals surface area contributed by atoms with Crippen LogP contribution >= 0.6 is 12.2 Å². The maximum absolute atomic E-state index is 9.80. The largest absolute Gasteiger partial charge is 0.391 e. The zero-order valence-corrected chi connectivity index (χ0v) is 10.00. The van der Waals surface area contributed by atoms with Crippen molar-refractivity contribution < 1.29 is 5.11 Å². The van der Waals surface area contributed by atoms with E-state index in [4.69, 9.17) is 12.2 Å². The van der Waals surface area contributed by atoms with E-state index in [0.717, 1.165) is 5.69 Å². The van der Waals surface area contributed by atoms with Gasteiger partial charge in [0.15, 0.2) is 0 Å². The van der Waals surface area contributed by atoms with Gasteiger partial charge in [0.25, 0.3) is 0 Å². The highest BCUT2D eigenvalue weighted by Gasteiger charge is 2.07. The molecule has 6 heteroatoms. The van der Waals surface area contributed by atoms with Crippen LogP contribution in [0.3, 0.4) is 0 Å². The Morgan fingerprint density at radius 2 is 2.06 bits per heavy atom. The highest BCUT2D eigenvalue weighted by atomic mass is 32.1. The number of nitrogens with one attached hydrogen (secondary N) is 3. The van der Waals surface area contributed by atoms with Gasteiger partial charge in [0, 0.05) is 18.7 Å². The number of aromatic nitrogens is 3. The average Bonchev–Trinajstić information content (AvgIpc) is 2.73. The first-order valence-electron chi connectivity index (χ1n) is 5.34. The van der Waals surface area contributed by atoms with Gasteiger partial charge in [0.1, 0.15) is 5.82 Å². The molecular weight excluding hydrogens is 236 g/mol. The smallest absolute Gasteiger partial charge is 0.213 e. The van der Waals surface area contributed by atoms with E-state index >= 15 is 0 Å². The number of anilines is 1. The minimum atomic E-state index is -0.510. The molecule has 0 radical (unpaired) electrons. The molecule has 0 saturated heterocycles. The Morgan fingerprint density at radius 3 is 2.71 bits per heavy atom. The third-order valence-corrected chi connectivity index (χ3v) is 2.49. The van der Waals surface area contributed by atoms with E-state index < -0.39 is 6.10 Å². The fraction of sp³-hybridized carbons (Fsp3) is 0.273. The molecule has 1 aromatic carbocycles. The van der Waals surface area contributed by atoms with E-state index in [1.165, 1.54) is 0 Å². The Balaban J connectivity index is 1.82. The molecule has 1 heterocycles. The second kappa shape index (κ2) is 5.60. The maximum atomic E-state index is 9.80. The van der Waals surface area contributed by atoms with Crippen molar-refractivity contribution in [2.45, 2.75) is 12.5 Å². The van der Waals surface area contributed by atoms with E-state index in [9.17, 15) is 5.11 Å². The molecule has 0 aliphatic rings. The lowest BCUT2D eigenvalue weighted by atomic mass is 10.2. The molecule has 5 nitrogen and oxygen atoms in total. The van der Waals surface area contributed by atoms with E-state index in [1.54, 1.807) is 0 Å². The van der Waals surface area contributed by atoms with Crippen molar-refractivity contribution in [1.82, 2.24) is 15.2 Å². The quantitative estimate of drug-likeness (QED) is 0.606. The van der Waals surface area contributed by atoms with Gasteiger partial charge in [-0.25, -0.2) is 4.98 Å². The molecule has 0 aliphatic carbocycles. The molecule has 90 valence electrons. The van der Waals surface area contributed by atoms with Gasteiger partial charge in [-0.2, -0.15) is 0 Å². The number of para-hydroxylation sites is 1. The second-order valence-electron chi connectivity index (χ2n) is 3.72. The van der Waals surface area contributed by atoms with Crippen LogP contribution in [-0.4, -0.2) is 32.9 Å². The number of H-pyrrole nitrogens is 2. The monoisotopic (exact) mass is 250 g/mol. The van der Waals surface area contributed by atoms with Crippen molar-refractivity contribution in [3.63, 3.8) is 0 Å². The summed E-state index contributed by atoms with van der Waals surface area (Å²) in [6, 6.07) is 9.74. The lowest BCUT2D eigenvalue weighted by Crippen LogP contribution is -2.22. The zero-order chi connectivity index (χ0) is 12.1. The molecule has 1 aromatic heterocycles. The Labute approximate surface area is 104 Å². The predicted octanol–water partition coefficient (Wildman–Crippen LogP) is 1.48. The fourth-order valence-electron chi connectivity index (χ4n) is 1.49. The summed E-state index contributed by atoms with van der Waals surface area (Å²) in [5, 5.41) is 18.4. The first kappa shape index (κ1) is 11.8. The summed E-state index contributed by atoms with van der Waals surface area (Å²) in [6.45, 7) is 0.470. The van der Waals surface area contributed by atoms with Crippen molar-refractivity contribution in [3.05, 3.63) is 40.9 Å². The highest BCUT2D eigenvalue weighted by Crippen LogP contribution is 2.05. The first-order chi connectivity index (χ1) is 8.24. The molecular formula is C11H14N4OS. The van der Waals surface area contributed by atoms with Crippen LogP contribution in [-0.2, 0) is 6.42 Å². The number of hydrogen-bond acceptors (Lipinski definition) is 4. The number of rotatable bonds is 5. The van der Waals surface area contributed by atoms with Crippen LogP contribution in [0.4, 0.5) is 5.69 Å². The summed E-state index contributed by atoms with van der Waals surface area (Å²) < 4.78 is 0.406. The molecule has 0 saturated carbocycles. The molecule has 2 aromatic rings. The third kappa shape index (κ3) is 3.69. The normalized spacial score (nSPS) is 12.3. The standard InChI is InChI=1S/C11H14N4OS/c16-9(6-10-13-11(17)15-14-10)7-12-8-4-2-1-3-5-8/h1-5,9,12,16H,6-7H2,(H2,13,14,15,17). The Hall–Kier alpha value is -1.66. The molecule has 2 rings (SSSR count). The number of aromatic amines is 2. The lowest BCUT2D eigenvalue weighted by molar-refractivity contribution is 0.185. The minimum Gasteiger partial charge on any atom is -0.391 e. The number of nitrogens with zero attached hydrogens (tertiary/aromatic N) is 1. The molecule has 0 spiro atoms. The number of aliphatic hydroxyl groups excluding tert-OH is 1. The third-order valence-electron chi connectivity index (χ3n) is 2.29. The predicted molar refractivity (Wildman–Crippen MR) is 68.4 cm³/mol. The molecule has 0 aliphatic heterocycles. The fourth-order valence-corrected chi connectivity index (χ4v) is 1.65. The first-order valence-corrected chi connectivity index (χ1v) is 5.75.